The fraction of sp³-hybridized carbons (Fsp3) is 1.00. The predicted molar refractivity (Wildman–Crippen MR) is 60.3 cm³/mol. The summed E-state index contributed by atoms with van der Waals surface area (Å²) in [6.07, 6.45) is 1.46. The van der Waals surface area contributed by atoms with E-state index in [4.69, 9.17) is 0 Å². The van der Waals surface area contributed by atoms with Gasteiger partial charge in [0, 0.05) is 13.1 Å². The molecule has 3 atom stereocenters. The lowest BCUT2D eigenvalue weighted by Crippen LogP contribution is -2.48. The van der Waals surface area contributed by atoms with Crippen molar-refractivity contribution < 1.29 is 0 Å². The van der Waals surface area contributed by atoms with Gasteiger partial charge in [-0.15, -0.1) is 0 Å². The summed E-state index contributed by atoms with van der Waals surface area (Å²) in [5, 5.41) is 3.36. The quantitative estimate of drug-likeness (QED) is 0.715. The third-order valence-electron chi connectivity index (χ3n) is 4.04. The average molecular weight is 196 g/mol. The molecular weight excluding hydrogens is 172 g/mol. The Bertz CT molecular complexity index is 189. The molecule has 0 spiro atoms. The van der Waals surface area contributed by atoms with Crippen molar-refractivity contribution in [2.24, 2.45) is 23.7 Å². The minimum atomic E-state index is 0.871. The van der Waals surface area contributed by atoms with E-state index < -0.39 is 0 Å². The molecule has 2 rings (SSSR count). The standard InChI is InChI=1S/C12H24N2/c1-9-4-11(9)8-14(3)7-10(2)12-5-13-6-12/h9-13H,4-8H2,1-3H3. The van der Waals surface area contributed by atoms with Crippen LogP contribution in [0.5, 0.6) is 0 Å². The van der Waals surface area contributed by atoms with E-state index in [0.717, 1.165) is 23.7 Å². The van der Waals surface area contributed by atoms with Crippen LogP contribution < -0.4 is 5.32 Å². The van der Waals surface area contributed by atoms with E-state index in [1.807, 2.05) is 0 Å². The molecule has 1 heterocycles. The third-order valence-corrected chi connectivity index (χ3v) is 4.04. The maximum atomic E-state index is 3.36. The molecule has 2 fully saturated rings. The van der Waals surface area contributed by atoms with Crippen LogP contribution in [0.15, 0.2) is 0 Å². The van der Waals surface area contributed by atoms with Crippen molar-refractivity contribution in [2.45, 2.75) is 20.3 Å². The Morgan fingerprint density at radius 1 is 1.43 bits per heavy atom. The van der Waals surface area contributed by atoms with Gasteiger partial charge in [-0.3, -0.25) is 0 Å². The van der Waals surface area contributed by atoms with Crippen molar-refractivity contribution in [3.8, 4) is 0 Å². The molecule has 2 heteroatoms. The van der Waals surface area contributed by atoms with Crippen LogP contribution in [0.2, 0.25) is 0 Å². The summed E-state index contributed by atoms with van der Waals surface area (Å²) in [6.45, 7) is 9.88. The summed E-state index contributed by atoms with van der Waals surface area (Å²) in [4.78, 5) is 2.54. The molecule has 0 bridgehead atoms. The molecule has 0 radical (unpaired) electrons. The summed E-state index contributed by atoms with van der Waals surface area (Å²) in [5.74, 6) is 3.81. The van der Waals surface area contributed by atoms with E-state index in [2.05, 4.69) is 31.1 Å². The fourth-order valence-corrected chi connectivity index (χ4v) is 2.48. The van der Waals surface area contributed by atoms with Gasteiger partial charge in [0.25, 0.3) is 0 Å². The minimum Gasteiger partial charge on any atom is -0.316 e. The summed E-state index contributed by atoms with van der Waals surface area (Å²) < 4.78 is 0. The van der Waals surface area contributed by atoms with Gasteiger partial charge in [-0.25, -0.2) is 0 Å². The van der Waals surface area contributed by atoms with Crippen molar-refractivity contribution in [3.63, 3.8) is 0 Å². The van der Waals surface area contributed by atoms with Crippen molar-refractivity contribution in [3.05, 3.63) is 0 Å². The lowest BCUT2D eigenvalue weighted by Gasteiger charge is -2.34. The van der Waals surface area contributed by atoms with Gasteiger partial charge in [0.2, 0.25) is 0 Å². The smallest absolute Gasteiger partial charge is 0.000937 e. The SMILES string of the molecule is CC(CN(C)CC1CC1C)C1CNC1. The zero-order valence-electron chi connectivity index (χ0n) is 9.79. The Morgan fingerprint density at radius 2 is 2.07 bits per heavy atom. The molecule has 82 valence electrons. The Labute approximate surface area is 88.1 Å². The van der Waals surface area contributed by atoms with Crippen LogP contribution in [-0.2, 0) is 0 Å². The molecular formula is C12H24N2. The summed E-state index contributed by atoms with van der Waals surface area (Å²) in [7, 11) is 2.29. The van der Waals surface area contributed by atoms with E-state index in [1.165, 1.54) is 32.6 Å². The third kappa shape index (κ3) is 2.48. The van der Waals surface area contributed by atoms with Crippen molar-refractivity contribution in [2.75, 3.05) is 33.2 Å². The zero-order valence-corrected chi connectivity index (χ0v) is 9.79. The molecule has 2 aliphatic rings. The van der Waals surface area contributed by atoms with Gasteiger partial charge >= 0.3 is 0 Å². The first-order valence-corrected chi connectivity index (χ1v) is 6.06. The first-order valence-electron chi connectivity index (χ1n) is 6.06. The summed E-state index contributed by atoms with van der Waals surface area (Å²) in [5.41, 5.74) is 0. The Morgan fingerprint density at radius 3 is 2.50 bits per heavy atom. The van der Waals surface area contributed by atoms with Crippen LogP contribution in [-0.4, -0.2) is 38.1 Å². The summed E-state index contributed by atoms with van der Waals surface area (Å²) >= 11 is 0. The number of nitrogens with zero attached hydrogens (tertiary/aromatic N) is 1. The lowest BCUT2D eigenvalue weighted by molar-refractivity contribution is 0.181. The van der Waals surface area contributed by atoms with E-state index in [1.54, 1.807) is 0 Å². The molecule has 1 N–H and O–H groups in total. The number of rotatable bonds is 5. The average Bonchev–Trinajstić information content (AvgIpc) is 2.60. The van der Waals surface area contributed by atoms with E-state index >= 15 is 0 Å². The van der Waals surface area contributed by atoms with Crippen molar-refractivity contribution >= 4 is 0 Å². The molecule has 0 aromatic rings. The highest BCUT2D eigenvalue weighted by atomic mass is 15.1. The highest BCUT2D eigenvalue weighted by Crippen LogP contribution is 2.38. The lowest BCUT2D eigenvalue weighted by atomic mass is 9.88. The number of hydrogen-bond acceptors (Lipinski definition) is 2. The Hall–Kier alpha value is -0.0800. The second-order valence-electron chi connectivity index (χ2n) is 5.59. The Balaban J connectivity index is 1.63. The molecule has 0 amide bonds. The maximum absolute atomic E-state index is 3.36. The van der Waals surface area contributed by atoms with Crippen LogP contribution in [0.1, 0.15) is 20.3 Å². The topological polar surface area (TPSA) is 15.3 Å². The molecule has 3 unspecified atom stereocenters. The van der Waals surface area contributed by atoms with Gasteiger partial charge in [-0.1, -0.05) is 13.8 Å². The normalized spacial score (nSPS) is 34.3. The molecule has 14 heavy (non-hydrogen) atoms. The molecule has 0 aromatic carbocycles. The van der Waals surface area contributed by atoms with Crippen LogP contribution in [0.3, 0.4) is 0 Å². The van der Waals surface area contributed by atoms with E-state index in [0.29, 0.717) is 0 Å². The van der Waals surface area contributed by atoms with Gasteiger partial charge in [0.1, 0.15) is 0 Å². The highest BCUT2D eigenvalue weighted by Gasteiger charge is 2.33. The molecule has 1 saturated heterocycles. The fourth-order valence-electron chi connectivity index (χ4n) is 2.48. The molecule has 1 aliphatic carbocycles. The van der Waals surface area contributed by atoms with Gasteiger partial charge < -0.3 is 10.2 Å². The zero-order chi connectivity index (χ0) is 10.1. The van der Waals surface area contributed by atoms with Gasteiger partial charge in [-0.05, 0) is 50.2 Å². The number of hydrogen-bond donors (Lipinski definition) is 1. The predicted octanol–water partition coefficient (Wildman–Crippen LogP) is 1.43. The molecule has 1 saturated carbocycles. The van der Waals surface area contributed by atoms with E-state index in [-0.39, 0.29) is 0 Å². The van der Waals surface area contributed by atoms with Crippen molar-refractivity contribution in [1.82, 2.24) is 10.2 Å². The van der Waals surface area contributed by atoms with Gasteiger partial charge in [0.05, 0.1) is 0 Å². The first kappa shape index (κ1) is 10.4. The van der Waals surface area contributed by atoms with Gasteiger partial charge in [-0.2, -0.15) is 0 Å². The summed E-state index contributed by atoms with van der Waals surface area (Å²) in [6, 6.07) is 0. The molecule has 2 nitrogen and oxygen atoms in total. The Kier molecular flexibility index (Phi) is 3.13. The largest absolute Gasteiger partial charge is 0.316 e. The van der Waals surface area contributed by atoms with Crippen LogP contribution in [0.4, 0.5) is 0 Å². The maximum Gasteiger partial charge on any atom is 0.000937 e. The van der Waals surface area contributed by atoms with E-state index in [9.17, 15) is 0 Å². The monoisotopic (exact) mass is 196 g/mol. The van der Waals surface area contributed by atoms with Crippen LogP contribution in [0, 0.1) is 23.7 Å². The van der Waals surface area contributed by atoms with Crippen LogP contribution in [0.25, 0.3) is 0 Å². The molecule has 1 aliphatic heterocycles. The van der Waals surface area contributed by atoms with Gasteiger partial charge in [0.15, 0.2) is 0 Å². The second-order valence-corrected chi connectivity index (χ2v) is 5.59. The highest BCUT2D eigenvalue weighted by molar-refractivity contribution is 4.86. The second kappa shape index (κ2) is 4.19. The minimum absolute atomic E-state index is 0.871. The van der Waals surface area contributed by atoms with Crippen LogP contribution >= 0.6 is 0 Å². The first-order chi connectivity index (χ1) is 6.66. The van der Waals surface area contributed by atoms with Crippen molar-refractivity contribution in [1.29, 1.82) is 0 Å². The molecule has 0 aromatic heterocycles. The number of nitrogens with one attached hydrogen (secondary N) is 1.